The summed E-state index contributed by atoms with van der Waals surface area (Å²) in [6, 6.07) is 0.440. The van der Waals surface area contributed by atoms with Crippen LogP contribution in [-0.2, 0) is 0 Å². The third kappa shape index (κ3) is 3.17. The standard InChI is InChI=1S/C12H14F3NO3/c1-12(2,5-17)16-11(18)6-4-7(13)9(15)10(19-3)8(6)14/h4,17H,5H2,1-3H3,(H,16,18). The van der Waals surface area contributed by atoms with Gasteiger partial charge < -0.3 is 15.2 Å². The first-order valence-electron chi connectivity index (χ1n) is 5.38. The van der Waals surface area contributed by atoms with Crippen LogP contribution in [0.4, 0.5) is 13.2 Å². The molecule has 1 aromatic rings. The van der Waals surface area contributed by atoms with E-state index in [2.05, 4.69) is 10.1 Å². The topological polar surface area (TPSA) is 58.6 Å². The summed E-state index contributed by atoms with van der Waals surface area (Å²) in [6.07, 6.45) is 0. The number of rotatable bonds is 4. The molecule has 0 aliphatic rings. The second kappa shape index (κ2) is 5.48. The lowest BCUT2D eigenvalue weighted by molar-refractivity contribution is 0.0863. The van der Waals surface area contributed by atoms with E-state index in [9.17, 15) is 18.0 Å². The molecule has 0 aliphatic heterocycles. The second-order valence-electron chi connectivity index (χ2n) is 4.56. The maximum Gasteiger partial charge on any atom is 0.255 e. The lowest BCUT2D eigenvalue weighted by atomic mass is 10.1. The van der Waals surface area contributed by atoms with Gasteiger partial charge in [-0.3, -0.25) is 4.79 Å². The molecule has 0 aliphatic carbocycles. The zero-order valence-electron chi connectivity index (χ0n) is 10.7. The Morgan fingerprint density at radius 2 is 1.95 bits per heavy atom. The normalized spacial score (nSPS) is 11.3. The van der Waals surface area contributed by atoms with Crippen LogP contribution in [0, 0.1) is 17.5 Å². The number of benzene rings is 1. The van der Waals surface area contributed by atoms with Crippen LogP contribution < -0.4 is 10.1 Å². The number of carbonyl (C=O) groups is 1. The summed E-state index contributed by atoms with van der Waals surface area (Å²) in [5, 5.41) is 11.3. The Bertz CT molecular complexity index is 503. The van der Waals surface area contributed by atoms with Crippen molar-refractivity contribution in [2.24, 2.45) is 0 Å². The number of halogens is 3. The maximum absolute atomic E-state index is 13.8. The minimum atomic E-state index is -1.50. The Morgan fingerprint density at radius 1 is 1.37 bits per heavy atom. The van der Waals surface area contributed by atoms with Crippen molar-refractivity contribution < 1.29 is 27.8 Å². The lowest BCUT2D eigenvalue weighted by Crippen LogP contribution is -2.46. The van der Waals surface area contributed by atoms with Gasteiger partial charge in [0.1, 0.15) is 0 Å². The Balaban J connectivity index is 3.22. The van der Waals surface area contributed by atoms with E-state index in [0.29, 0.717) is 6.07 Å². The molecule has 4 nitrogen and oxygen atoms in total. The highest BCUT2D eigenvalue weighted by molar-refractivity contribution is 5.95. The van der Waals surface area contributed by atoms with Crippen LogP contribution in [0.3, 0.4) is 0 Å². The molecule has 0 fully saturated rings. The molecule has 0 spiro atoms. The molecule has 7 heteroatoms. The van der Waals surface area contributed by atoms with Crippen molar-refractivity contribution in [3.63, 3.8) is 0 Å². The average Bonchev–Trinajstić information content (AvgIpc) is 2.34. The number of hydrogen-bond donors (Lipinski definition) is 2. The third-order valence-corrected chi connectivity index (χ3v) is 2.41. The van der Waals surface area contributed by atoms with Crippen molar-refractivity contribution in [2.75, 3.05) is 13.7 Å². The maximum atomic E-state index is 13.8. The smallest absolute Gasteiger partial charge is 0.255 e. The van der Waals surface area contributed by atoms with Gasteiger partial charge in [-0.15, -0.1) is 0 Å². The van der Waals surface area contributed by atoms with Crippen LogP contribution in [0.2, 0.25) is 0 Å². The number of hydrogen-bond acceptors (Lipinski definition) is 3. The SMILES string of the molecule is COc1c(F)c(F)cc(C(=O)NC(C)(C)CO)c1F. The molecule has 0 unspecified atom stereocenters. The zero-order valence-corrected chi connectivity index (χ0v) is 10.7. The number of carbonyl (C=O) groups excluding carboxylic acids is 1. The fourth-order valence-corrected chi connectivity index (χ4v) is 1.34. The molecule has 0 saturated heterocycles. The van der Waals surface area contributed by atoms with Crippen molar-refractivity contribution in [3.05, 3.63) is 29.1 Å². The van der Waals surface area contributed by atoms with E-state index in [1.54, 1.807) is 0 Å². The number of aliphatic hydroxyl groups excluding tert-OH is 1. The molecule has 106 valence electrons. The minimum absolute atomic E-state index is 0.402. The number of aliphatic hydroxyl groups is 1. The van der Waals surface area contributed by atoms with Gasteiger partial charge in [0.05, 0.1) is 24.8 Å². The van der Waals surface area contributed by atoms with Gasteiger partial charge in [-0.05, 0) is 19.9 Å². The van der Waals surface area contributed by atoms with Gasteiger partial charge in [0.2, 0.25) is 5.82 Å². The molecule has 1 amide bonds. The zero-order chi connectivity index (χ0) is 14.8. The summed E-state index contributed by atoms with van der Waals surface area (Å²) in [7, 11) is 0.959. The number of methoxy groups -OCH3 is 1. The molecule has 0 radical (unpaired) electrons. The van der Waals surface area contributed by atoms with Gasteiger partial charge in [-0.25, -0.2) is 8.78 Å². The average molecular weight is 277 g/mol. The van der Waals surface area contributed by atoms with Gasteiger partial charge in [-0.1, -0.05) is 0 Å². The molecule has 19 heavy (non-hydrogen) atoms. The first-order valence-corrected chi connectivity index (χ1v) is 5.38. The van der Waals surface area contributed by atoms with Crippen molar-refractivity contribution >= 4 is 5.91 Å². The summed E-state index contributed by atoms with van der Waals surface area (Å²) in [6.45, 7) is 2.57. The highest BCUT2D eigenvalue weighted by Crippen LogP contribution is 2.27. The molecule has 2 N–H and O–H groups in total. The van der Waals surface area contributed by atoms with Crippen LogP contribution in [0.1, 0.15) is 24.2 Å². The van der Waals surface area contributed by atoms with E-state index < -0.39 is 46.8 Å². The van der Waals surface area contributed by atoms with E-state index in [1.807, 2.05) is 0 Å². The van der Waals surface area contributed by atoms with Crippen LogP contribution in [0.25, 0.3) is 0 Å². The minimum Gasteiger partial charge on any atom is -0.491 e. The van der Waals surface area contributed by atoms with E-state index in [1.165, 1.54) is 13.8 Å². The monoisotopic (exact) mass is 277 g/mol. The Hall–Kier alpha value is -1.76. The number of amides is 1. The van der Waals surface area contributed by atoms with E-state index in [-0.39, 0.29) is 0 Å². The van der Waals surface area contributed by atoms with Crippen LogP contribution in [0.15, 0.2) is 6.07 Å². The fraction of sp³-hybridized carbons (Fsp3) is 0.417. The highest BCUT2D eigenvalue weighted by atomic mass is 19.2. The Morgan fingerprint density at radius 3 is 2.42 bits per heavy atom. The summed E-state index contributed by atoms with van der Waals surface area (Å²) in [4.78, 5) is 11.8. The molecular formula is C12H14F3NO3. The van der Waals surface area contributed by atoms with E-state index in [4.69, 9.17) is 5.11 Å². The van der Waals surface area contributed by atoms with E-state index in [0.717, 1.165) is 7.11 Å². The van der Waals surface area contributed by atoms with Crippen molar-refractivity contribution in [2.45, 2.75) is 19.4 Å². The van der Waals surface area contributed by atoms with Crippen molar-refractivity contribution in [1.29, 1.82) is 0 Å². The van der Waals surface area contributed by atoms with Gasteiger partial charge in [0.25, 0.3) is 5.91 Å². The second-order valence-corrected chi connectivity index (χ2v) is 4.56. The Labute approximate surface area is 108 Å². The third-order valence-electron chi connectivity index (χ3n) is 2.41. The quantitative estimate of drug-likeness (QED) is 0.822. The van der Waals surface area contributed by atoms with Gasteiger partial charge in [0.15, 0.2) is 17.4 Å². The Kier molecular flexibility index (Phi) is 4.41. The largest absolute Gasteiger partial charge is 0.491 e. The van der Waals surface area contributed by atoms with Crippen molar-refractivity contribution in [1.82, 2.24) is 5.32 Å². The molecular weight excluding hydrogens is 263 g/mol. The predicted molar refractivity (Wildman–Crippen MR) is 61.5 cm³/mol. The molecule has 1 aromatic carbocycles. The molecule has 1 rings (SSSR count). The van der Waals surface area contributed by atoms with Crippen LogP contribution >= 0.6 is 0 Å². The number of nitrogens with one attached hydrogen (secondary N) is 1. The fourth-order valence-electron chi connectivity index (χ4n) is 1.34. The number of ether oxygens (including phenoxy) is 1. The summed E-state index contributed by atoms with van der Waals surface area (Å²) >= 11 is 0. The predicted octanol–water partition coefficient (Wildman–Crippen LogP) is 1.61. The van der Waals surface area contributed by atoms with Gasteiger partial charge in [0, 0.05) is 0 Å². The molecule has 0 saturated carbocycles. The lowest BCUT2D eigenvalue weighted by Gasteiger charge is -2.23. The highest BCUT2D eigenvalue weighted by Gasteiger charge is 2.27. The summed E-state index contributed by atoms with van der Waals surface area (Å²) in [5.41, 5.74) is -1.72. The van der Waals surface area contributed by atoms with E-state index >= 15 is 0 Å². The van der Waals surface area contributed by atoms with Gasteiger partial charge >= 0.3 is 0 Å². The van der Waals surface area contributed by atoms with Crippen LogP contribution in [0.5, 0.6) is 5.75 Å². The van der Waals surface area contributed by atoms with Gasteiger partial charge in [-0.2, -0.15) is 4.39 Å². The first kappa shape index (κ1) is 15.3. The summed E-state index contributed by atoms with van der Waals surface area (Å²) < 4.78 is 44.6. The molecule has 0 heterocycles. The molecule has 0 atom stereocenters. The molecule has 0 bridgehead atoms. The van der Waals surface area contributed by atoms with Crippen LogP contribution in [-0.4, -0.2) is 30.3 Å². The summed E-state index contributed by atoms with van der Waals surface area (Å²) in [5.74, 6) is -6.14. The molecule has 0 aromatic heterocycles. The first-order chi connectivity index (χ1) is 8.73. The van der Waals surface area contributed by atoms with Crippen molar-refractivity contribution in [3.8, 4) is 5.75 Å².